The topological polar surface area (TPSA) is 63.0 Å². The van der Waals surface area contributed by atoms with Gasteiger partial charge in [-0.25, -0.2) is 4.79 Å². The van der Waals surface area contributed by atoms with Crippen LogP contribution in [-0.4, -0.2) is 55.5 Å². The van der Waals surface area contributed by atoms with Crippen LogP contribution in [0.4, 0.5) is 0 Å². The number of piperazine rings is 1. The molecule has 1 saturated heterocycles. The number of nitrogens with zero attached hydrogens (tertiary/aromatic N) is 2. The van der Waals surface area contributed by atoms with Crippen molar-refractivity contribution in [1.29, 1.82) is 0 Å². The number of hydrogen-bond acceptors (Lipinski definition) is 5. The van der Waals surface area contributed by atoms with E-state index in [1.165, 1.54) is 6.07 Å². The largest absolute Gasteiger partial charge is 0.489 e. The molecular formula is C22H28N2O4. The zero-order chi connectivity index (χ0) is 20.3. The molecule has 3 rings (SSSR count). The summed E-state index contributed by atoms with van der Waals surface area (Å²) in [5.41, 5.74) is 2.80. The van der Waals surface area contributed by atoms with Gasteiger partial charge < -0.3 is 19.0 Å². The highest BCUT2D eigenvalue weighted by molar-refractivity contribution is 5.83. The molecule has 150 valence electrons. The predicted molar refractivity (Wildman–Crippen MR) is 110 cm³/mol. The summed E-state index contributed by atoms with van der Waals surface area (Å²) in [4.78, 5) is 28.5. The maximum absolute atomic E-state index is 12.6. The number of hydrogen-bond donors (Lipinski definition) is 0. The highest BCUT2D eigenvalue weighted by Gasteiger charge is 2.20. The van der Waals surface area contributed by atoms with Gasteiger partial charge in [0.2, 0.25) is 5.91 Å². The van der Waals surface area contributed by atoms with Gasteiger partial charge in [0.25, 0.3) is 0 Å². The van der Waals surface area contributed by atoms with E-state index >= 15 is 0 Å². The lowest BCUT2D eigenvalue weighted by Gasteiger charge is -2.32. The third-order valence-corrected chi connectivity index (χ3v) is 5.07. The van der Waals surface area contributed by atoms with E-state index in [9.17, 15) is 9.59 Å². The van der Waals surface area contributed by atoms with Crippen molar-refractivity contribution in [2.24, 2.45) is 0 Å². The number of aryl methyl sites for hydroxylation is 2. The number of rotatable bonds is 6. The molecule has 6 nitrogen and oxygen atoms in total. The predicted octanol–water partition coefficient (Wildman–Crippen LogP) is 2.76. The highest BCUT2D eigenvalue weighted by Crippen LogP contribution is 2.29. The van der Waals surface area contributed by atoms with Crippen molar-refractivity contribution < 1.29 is 13.9 Å². The number of ether oxygens (including phenoxy) is 1. The van der Waals surface area contributed by atoms with Crippen LogP contribution in [-0.2, 0) is 11.2 Å². The molecule has 1 amide bonds. The van der Waals surface area contributed by atoms with E-state index in [1.54, 1.807) is 6.07 Å². The molecule has 2 aromatic rings. The molecule has 0 bridgehead atoms. The Bertz CT molecular complexity index is 939. The third kappa shape index (κ3) is 4.81. The minimum Gasteiger partial charge on any atom is -0.489 e. The maximum atomic E-state index is 12.6. The fourth-order valence-corrected chi connectivity index (χ4v) is 3.38. The van der Waals surface area contributed by atoms with Gasteiger partial charge in [-0.3, -0.25) is 4.79 Å². The Balaban J connectivity index is 1.82. The van der Waals surface area contributed by atoms with Crippen molar-refractivity contribution in [2.45, 2.75) is 26.7 Å². The SMILES string of the molecule is C=C(C)COc1cc2oc(=O)cc(C)c2cc1CCC(=O)N1CCN(C)CC1. The number of fused-ring (bicyclic) bond motifs is 1. The van der Waals surface area contributed by atoms with Crippen molar-refractivity contribution in [3.8, 4) is 5.75 Å². The van der Waals surface area contributed by atoms with Gasteiger partial charge in [-0.2, -0.15) is 0 Å². The Morgan fingerprint density at radius 2 is 1.93 bits per heavy atom. The van der Waals surface area contributed by atoms with E-state index < -0.39 is 0 Å². The molecular weight excluding hydrogens is 356 g/mol. The summed E-state index contributed by atoms with van der Waals surface area (Å²) in [7, 11) is 2.07. The molecule has 1 aliphatic rings. The normalized spacial score (nSPS) is 15.0. The number of benzene rings is 1. The summed E-state index contributed by atoms with van der Waals surface area (Å²) in [5.74, 6) is 0.797. The number of amides is 1. The van der Waals surface area contributed by atoms with E-state index in [1.807, 2.05) is 24.8 Å². The molecule has 1 aliphatic heterocycles. The lowest BCUT2D eigenvalue weighted by molar-refractivity contribution is -0.132. The first-order chi connectivity index (χ1) is 13.3. The summed E-state index contributed by atoms with van der Waals surface area (Å²) in [6.07, 6.45) is 1.000. The van der Waals surface area contributed by atoms with Crippen LogP contribution in [0.25, 0.3) is 11.0 Å². The van der Waals surface area contributed by atoms with Gasteiger partial charge in [-0.1, -0.05) is 6.58 Å². The van der Waals surface area contributed by atoms with Crippen LogP contribution < -0.4 is 10.4 Å². The zero-order valence-corrected chi connectivity index (χ0v) is 16.9. The Morgan fingerprint density at radius 3 is 2.61 bits per heavy atom. The number of likely N-dealkylation sites (N-methyl/N-ethyl adjacent to an activating group) is 1. The summed E-state index contributed by atoms with van der Waals surface area (Å²) >= 11 is 0. The first-order valence-corrected chi connectivity index (χ1v) is 9.64. The Kier molecular flexibility index (Phi) is 6.19. The molecule has 1 aromatic heterocycles. The van der Waals surface area contributed by atoms with E-state index in [0.717, 1.165) is 48.3 Å². The molecule has 0 N–H and O–H groups in total. The first kappa shape index (κ1) is 20.1. The van der Waals surface area contributed by atoms with Crippen molar-refractivity contribution in [3.05, 3.63) is 51.9 Å². The molecule has 2 heterocycles. The second-order valence-corrected chi connectivity index (χ2v) is 7.63. The van der Waals surface area contributed by atoms with Gasteiger partial charge >= 0.3 is 5.63 Å². The zero-order valence-electron chi connectivity index (χ0n) is 16.9. The Labute approximate surface area is 165 Å². The van der Waals surface area contributed by atoms with Crippen LogP contribution in [0.2, 0.25) is 0 Å². The number of carbonyl (C=O) groups excluding carboxylic acids is 1. The first-order valence-electron chi connectivity index (χ1n) is 9.64. The smallest absolute Gasteiger partial charge is 0.336 e. The average molecular weight is 384 g/mol. The van der Waals surface area contributed by atoms with E-state index in [0.29, 0.717) is 30.8 Å². The minimum absolute atomic E-state index is 0.162. The van der Waals surface area contributed by atoms with E-state index in [-0.39, 0.29) is 11.5 Å². The lowest BCUT2D eigenvalue weighted by atomic mass is 10.0. The van der Waals surface area contributed by atoms with Gasteiger partial charge in [0, 0.05) is 50.1 Å². The van der Waals surface area contributed by atoms with Crippen LogP contribution >= 0.6 is 0 Å². The van der Waals surface area contributed by atoms with Crippen LogP contribution in [0.15, 0.2) is 39.6 Å². The molecule has 0 unspecified atom stereocenters. The summed E-state index contributed by atoms with van der Waals surface area (Å²) in [6, 6.07) is 5.21. The van der Waals surface area contributed by atoms with Gasteiger partial charge in [0.05, 0.1) is 0 Å². The van der Waals surface area contributed by atoms with Crippen molar-refractivity contribution in [2.75, 3.05) is 39.8 Å². The highest BCUT2D eigenvalue weighted by atomic mass is 16.5. The molecule has 0 radical (unpaired) electrons. The van der Waals surface area contributed by atoms with Crippen LogP contribution in [0.3, 0.4) is 0 Å². The van der Waals surface area contributed by atoms with Crippen LogP contribution in [0.1, 0.15) is 24.5 Å². The quantitative estimate of drug-likeness (QED) is 0.566. The second kappa shape index (κ2) is 8.61. The standard InChI is InChI=1S/C22H28N2O4/c1-15(2)14-27-19-13-20-18(16(3)11-22(26)28-20)12-17(19)5-6-21(25)24-9-7-23(4)8-10-24/h11-13H,1,5-10,14H2,2-4H3. The third-order valence-electron chi connectivity index (χ3n) is 5.07. The average Bonchev–Trinajstić information content (AvgIpc) is 2.64. The molecule has 0 atom stereocenters. The van der Waals surface area contributed by atoms with E-state index in [2.05, 4.69) is 18.5 Å². The molecule has 1 fully saturated rings. The molecule has 6 heteroatoms. The Morgan fingerprint density at radius 1 is 1.21 bits per heavy atom. The lowest BCUT2D eigenvalue weighted by Crippen LogP contribution is -2.47. The van der Waals surface area contributed by atoms with E-state index in [4.69, 9.17) is 9.15 Å². The second-order valence-electron chi connectivity index (χ2n) is 7.63. The molecule has 28 heavy (non-hydrogen) atoms. The summed E-state index contributed by atoms with van der Waals surface area (Å²) in [6.45, 7) is 11.4. The summed E-state index contributed by atoms with van der Waals surface area (Å²) < 4.78 is 11.2. The molecule has 0 aliphatic carbocycles. The Hall–Kier alpha value is -2.60. The van der Waals surface area contributed by atoms with Crippen molar-refractivity contribution in [3.63, 3.8) is 0 Å². The molecule has 0 saturated carbocycles. The van der Waals surface area contributed by atoms with Gasteiger partial charge in [-0.05, 0) is 50.1 Å². The fourth-order valence-electron chi connectivity index (χ4n) is 3.38. The van der Waals surface area contributed by atoms with Crippen molar-refractivity contribution in [1.82, 2.24) is 9.80 Å². The monoisotopic (exact) mass is 384 g/mol. The van der Waals surface area contributed by atoms with Gasteiger partial charge in [0.15, 0.2) is 0 Å². The minimum atomic E-state index is -0.381. The number of carbonyl (C=O) groups is 1. The van der Waals surface area contributed by atoms with Gasteiger partial charge in [-0.15, -0.1) is 0 Å². The van der Waals surface area contributed by atoms with Crippen LogP contribution in [0, 0.1) is 6.92 Å². The molecule has 1 aromatic carbocycles. The van der Waals surface area contributed by atoms with Crippen molar-refractivity contribution >= 4 is 16.9 Å². The van der Waals surface area contributed by atoms with Crippen LogP contribution in [0.5, 0.6) is 5.75 Å². The molecule has 0 spiro atoms. The summed E-state index contributed by atoms with van der Waals surface area (Å²) in [5, 5.41) is 0.865. The van der Waals surface area contributed by atoms with Gasteiger partial charge in [0.1, 0.15) is 17.9 Å². The fraction of sp³-hybridized carbons (Fsp3) is 0.455. The maximum Gasteiger partial charge on any atom is 0.336 e.